The normalized spacial score (nSPS) is 23.4. The summed E-state index contributed by atoms with van der Waals surface area (Å²) in [5.74, 6) is 0.615. The van der Waals surface area contributed by atoms with Crippen LogP contribution in [-0.2, 0) is 34.6 Å². The lowest BCUT2D eigenvalue weighted by Gasteiger charge is -2.45. The number of nitrogens with zero attached hydrogens (tertiary/aromatic N) is 5. The van der Waals surface area contributed by atoms with Gasteiger partial charge in [0.15, 0.2) is 11.9 Å². The first-order valence-corrected chi connectivity index (χ1v) is 27.0. The second kappa shape index (κ2) is 19.2. The molecular weight excluding hydrogens is 919 g/mol. The molecule has 3 aromatic heterocycles. The van der Waals surface area contributed by atoms with Crippen LogP contribution in [0, 0.1) is 0 Å². The van der Waals surface area contributed by atoms with Crippen molar-refractivity contribution in [2.24, 2.45) is 0 Å². The van der Waals surface area contributed by atoms with Crippen LogP contribution in [0.15, 0.2) is 95.6 Å². The van der Waals surface area contributed by atoms with Crippen molar-refractivity contribution in [2.45, 2.75) is 146 Å². The van der Waals surface area contributed by atoms with Gasteiger partial charge in [-0.05, 0) is 135 Å². The van der Waals surface area contributed by atoms with E-state index in [-0.39, 0.29) is 29.9 Å². The van der Waals surface area contributed by atoms with E-state index in [4.69, 9.17) is 28.9 Å². The molecule has 3 saturated heterocycles. The minimum absolute atomic E-state index is 0.00950. The number of hydrogen-bond acceptors (Lipinski definition) is 12. The number of aromatic nitrogens is 4. The quantitative estimate of drug-likeness (QED) is 0.115. The first-order valence-electron chi connectivity index (χ1n) is 25.6. The highest BCUT2D eigenvalue weighted by atomic mass is 32.2. The van der Waals surface area contributed by atoms with E-state index in [0.717, 1.165) is 110 Å². The first-order chi connectivity index (χ1) is 34.0. The smallest absolute Gasteiger partial charge is 0.408 e. The molecule has 5 aromatic rings. The van der Waals surface area contributed by atoms with Gasteiger partial charge in [-0.25, -0.2) is 27.2 Å². The standard InChI is InChI=1S/C55H69N7O8S/c1-37-14-10-12-25-54(37,6)71(65,66)62-30-24-42-44(35-56-49(63)47(42)62)38-18-21-45-43(34-38)48(55(69-41-19-20-41,39-15-8-7-9-16-39)36-68-46-17-11-13-33-67-46)58-50(57-45)61-28-22-40(23-29-61)60-31-26-53(5,27-32-60)59-51(64)70-52(2,3)4/h7-10,12,14-16,18,21,24,30,34-35,40-41,46H,11,13,17,19-20,22-23,25-29,31-33,36H2,1-6H3,(H,56,63)(H,59,64). The molecule has 3 atom stereocenters. The van der Waals surface area contributed by atoms with Crippen LogP contribution in [0.5, 0.6) is 0 Å². The van der Waals surface area contributed by atoms with E-state index in [1.165, 1.54) is 6.20 Å². The Morgan fingerprint density at radius 2 is 1.70 bits per heavy atom. The molecule has 2 N–H and O–H groups in total. The van der Waals surface area contributed by atoms with E-state index in [2.05, 4.69) is 39.2 Å². The fourth-order valence-electron chi connectivity index (χ4n) is 10.8. The molecule has 0 spiro atoms. The van der Waals surface area contributed by atoms with E-state index in [9.17, 15) is 18.0 Å². The minimum Gasteiger partial charge on any atom is -0.444 e. The molecule has 0 bridgehead atoms. The van der Waals surface area contributed by atoms with Gasteiger partial charge in [-0.15, -0.1) is 0 Å². The van der Waals surface area contributed by atoms with Crippen LogP contribution in [0.25, 0.3) is 32.9 Å². The molecule has 2 aromatic carbocycles. The fourth-order valence-corrected chi connectivity index (χ4v) is 12.7. The van der Waals surface area contributed by atoms with Crippen molar-refractivity contribution in [1.29, 1.82) is 0 Å². The first kappa shape index (κ1) is 49.2. The zero-order chi connectivity index (χ0) is 49.8. The van der Waals surface area contributed by atoms with E-state index >= 15 is 0 Å². The molecule has 0 radical (unpaired) electrons. The van der Waals surface area contributed by atoms with Crippen molar-refractivity contribution >= 4 is 43.9 Å². The third kappa shape index (κ3) is 9.82. The number of allylic oxidation sites excluding steroid dienone is 3. The number of carbonyl (C=O) groups is 1. The second-order valence-electron chi connectivity index (χ2n) is 21.8. The molecular formula is C55H69N7O8S. The Balaban J connectivity index is 1.03. The third-order valence-electron chi connectivity index (χ3n) is 15.4. The number of pyridine rings is 1. The average molecular weight is 988 g/mol. The third-order valence-corrected chi connectivity index (χ3v) is 17.9. The lowest BCUT2D eigenvalue weighted by atomic mass is 9.87. The number of carbonyl (C=O) groups excluding carboxylic acids is 1. The summed E-state index contributed by atoms with van der Waals surface area (Å²) in [5, 5.41) is 4.42. The summed E-state index contributed by atoms with van der Waals surface area (Å²) in [6.07, 6.45) is 16.4. The predicted molar refractivity (Wildman–Crippen MR) is 276 cm³/mol. The van der Waals surface area contributed by atoms with Crippen molar-refractivity contribution < 1.29 is 32.2 Å². The van der Waals surface area contributed by atoms with Gasteiger partial charge in [0.1, 0.15) is 15.9 Å². The summed E-state index contributed by atoms with van der Waals surface area (Å²) in [4.78, 5) is 45.1. The van der Waals surface area contributed by atoms with Gasteiger partial charge < -0.3 is 39.0 Å². The molecule has 378 valence electrons. The molecule has 6 heterocycles. The summed E-state index contributed by atoms with van der Waals surface area (Å²) in [6, 6.07) is 18.3. The maximum Gasteiger partial charge on any atom is 0.408 e. The van der Waals surface area contributed by atoms with E-state index in [1.54, 1.807) is 19.2 Å². The number of amides is 1. The largest absolute Gasteiger partial charge is 0.444 e. The van der Waals surface area contributed by atoms with Crippen LogP contribution in [0.1, 0.15) is 117 Å². The number of aromatic amines is 1. The highest BCUT2D eigenvalue weighted by Crippen LogP contribution is 2.45. The Kier molecular flexibility index (Phi) is 13.3. The lowest BCUT2D eigenvalue weighted by Crippen LogP contribution is -2.57. The minimum atomic E-state index is -4.08. The molecule has 4 fully saturated rings. The molecule has 10 rings (SSSR count). The summed E-state index contributed by atoms with van der Waals surface area (Å²) in [5.41, 5.74) is 1.93. The number of benzene rings is 2. The van der Waals surface area contributed by atoms with E-state index in [0.29, 0.717) is 47.2 Å². The van der Waals surface area contributed by atoms with Crippen molar-refractivity contribution in [2.75, 3.05) is 44.3 Å². The highest BCUT2D eigenvalue weighted by molar-refractivity contribution is 7.91. The molecule has 2 aliphatic carbocycles. The van der Waals surface area contributed by atoms with Gasteiger partial charge in [-0.2, -0.15) is 0 Å². The zero-order valence-corrected chi connectivity index (χ0v) is 42.9. The lowest BCUT2D eigenvalue weighted by molar-refractivity contribution is -0.197. The second-order valence-corrected chi connectivity index (χ2v) is 24.0. The number of hydrogen-bond donors (Lipinski definition) is 2. The fraction of sp³-hybridized carbons (Fsp3) is 0.527. The number of anilines is 1. The Labute approximate surface area is 417 Å². The molecule has 71 heavy (non-hydrogen) atoms. The van der Waals surface area contributed by atoms with Gasteiger partial charge in [-0.3, -0.25) is 4.79 Å². The van der Waals surface area contributed by atoms with Crippen LogP contribution in [0.2, 0.25) is 0 Å². The van der Waals surface area contributed by atoms with Gasteiger partial charge in [-0.1, -0.05) is 60.2 Å². The van der Waals surface area contributed by atoms with Gasteiger partial charge >= 0.3 is 6.09 Å². The van der Waals surface area contributed by atoms with Crippen molar-refractivity contribution in [3.05, 3.63) is 112 Å². The van der Waals surface area contributed by atoms with Crippen LogP contribution >= 0.6 is 0 Å². The Morgan fingerprint density at radius 3 is 2.39 bits per heavy atom. The predicted octanol–water partition coefficient (Wildman–Crippen LogP) is 9.10. The Bertz CT molecular complexity index is 3010. The number of ether oxygens (including phenoxy) is 4. The molecule has 3 unspecified atom stereocenters. The number of alkyl carbamates (subject to hydrolysis) is 1. The SMILES string of the molecule is CC1=CC=CCC1(C)S(=O)(=O)n1ccc2c(-c3ccc4nc(N5CCC(N6CCC(C)(NC(=O)OC(C)(C)C)CC6)CC5)nc(C(COC5CCCCO5)(OC5CC5)c5ccccc5)c4c3)c[nH]c(=O)c21. The van der Waals surface area contributed by atoms with Crippen molar-refractivity contribution in [3.63, 3.8) is 0 Å². The van der Waals surface area contributed by atoms with Gasteiger partial charge in [0.05, 0.1) is 23.9 Å². The average Bonchev–Trinajstić information content (AvgIpc) is 4.05. The van der Waals surface area contributed by atoms with Crippen LogP contribution in [0.3, 0.4) is 0 Å². The number of fused-ring (bicyclic) bond motifs is 2. The van der Waals surface area contributed by atoms with Crippen molar-refractivity contribution in [3.8, 4) is 11.1 Å². The molecule has 3 aliphatic heterocycles. The maximum absolute atomic E-state index is 14.5. The highest BCUT2D eigenvalue weighted by Gasteiger charge is 2.46. The molecule has 5 aliphatic rings. The van der Waals surface area contributed by atoms with Crippen molar-refractivity contribution in [1.82, 2.24) is 29.1 Å². The molecule has 1 saturated carbocycles. The van der Waals surface area contributed by atoms with E-state index < -0.39 is 37.8 Å². The monoisotopic (exact) mass is 987 g/mol. The topological polar surface area (TPSA) is 170 Å². The summed E-state index contributed by atoms with van der Waals surface area (Å²) in [7, 11) is -4.08. The Morgan fingerprint density at radius 1 is 0.944 bits per heavy atom. The molecule has 16 heteroatoms. The number of likely N-dealkylation sites (tertiary alicyclic amines) is 1. The molecule has 15 nitrogen and oxygen atoms in total. The number of piperidine rings is 2. The zero-order valence-electron chi connectivity index (χ0n) is 42.0. The van der Waals surface area contributed by atoms with Gasteiger partial charge in [0.25, 0.3) is 5.56 Å². The van der Waals surface area contributed by atoms with Gasteiger partial charge in [0, 0.05) is 73.1 Å². The van der Waals surface area contributed by atoms with E-state index in [1.807, 2.05) is 82.3 Å². The summed E-state index contributed by atoms with van der Waals surface area (Å²) >= 11 is 0. The van der Waals surface area contributed by atoms with Gasteiger partial charge in [0.2, 0.25) is 16.0 Å². The summed E-state index contributed by atoms with van der Waals surface area (Å²) < 4.78 is 54.8. The number of rotatable bonds is 13. The van der Waals surface area contributed by atoms with Crippen LogP contribution in [-0.4, -0.2) is 112 Å². The maximum atomic E-state index is 14.5. The van der Waals surface area contributed by atoms with Crippen LogP contribution in [0.4, 0.5) is 10.7 Å². The van der Waals surface area contributed by atoms with Crippen LogP contribution < -0.4 is 15.8 Å². The Hall–Kier alpha value is -5.39. The number of nitrogens with one attached hydrogen (secondary N) is 2. The molecule has 1 amide bonds. The number of H-pyrrole nitrogens is 1. The summed E-state index contributed by atoms with van der Waals surface area (Å²) in [6.45, 7) is 15.4.